The second kappa shape index (κ2) is 7.82. The molecule has 1 aromatic heterocycles. The highest BCUT2D eigenvalue weighted by Gasteiger charge is 2.33. The number of pyridine rings is 1. The van der Waals surface area contributed by atoms with Gasteiger partial charge in [-0.05, 0) is 52.3 Å². The highest BCUT2D eigenvalue weighted by molar-refractivity contribution is 9.10. The molecule has 1 aliphatic rings. The number of para-hydroxylation sites is 2. The number of hydrogen-bond acceptors (Lipinski definition) is 4. The molecule has 3 aromatic rings. The van der Waals surface area contributed by atoms with E-state index in [-0.39, 0.29) is 12.6 Å². The van der Waals surface area contributed by atoms with E-state index in [1.54, 1.807) is 24.3 Å². The number of amides is 2. The summed E-state index contributed by atoms with van der Waals surface area (Å²) in [6.07, 6.45) is 1.67. The van der Waals surface area contributed by atoms with Gasteiger partial charge in [0, 0.05) is 16.2 Å². The highest BCUT2D eigenvalue weighted by atomic mass is 79.9. The number of benzene rings is 2. The van der Waals surface area contributed by atoms with Crippen molar-refractivity contribution in [2.75, 3.05) is 23.6 Å². The van der Waals surface area contributed by atoms with Crippen molar-refractivity contribution in [2.45, 2.75) is 0 Å². The van der Waals surface area contributed by atoms with E-state index in [4.69, 9.17) is 4.74 Å². The first-order chi connectivity index (χ1) is 13.7. The van der Waals surface area contributed by atoms with Crippen molar-refractivity contribution in [3.63, 3.8) is 0 Å². The summed E-state index contributed by atoms with van der Waals surface area (Å²) >= 11 is 3.52. The van der Waals surface area contributed by atoms with Gasteiger partial charge >= 0.3 is 6.03 Å². The van der Waals surface area contributed by atoms with Gasteiger partial charge in [-0.2, -0.15) is 10.1 Å². The number of carbonyl (C=O) groups is 1. The molecule has 7 heteroatoms. The lowest BCUT2D eigenvalue weighted by molar-refractivity contribution is 0.251. The molecule has 4 rings (SSSR count). The molecule has 1 aliphatic heterocycles. The number of anilines is 2. The van der Waals surface area contributed by atoms with E-state index in [2.05, 4.69) is 26.0 Å². The summed E-state index contributed by atoms with van der Waals surface area (Å²) in [7, 11) is 1.62. The Hall–Kier alpha value is -3.19. The number of ether oxygens (including phenoxy) is 1. The third-order valence-electron chi connectivity index (χ3n) is 4.37. The van der Waals surface area contributed by atoms with Gasteiger partial charge in [0.25, 0.3) is 0 Å². The van der Waals surface area contributed by atoms with E-state index in [1.807, 2.05) is 60.7 Å². The molecule has 2 amide bonds. The molecule has 28 heavy (non-hydrogen) atoms. The monoisotopic (exact) mass is 436 g/mol. The van der Waals surface area contributed by atoms with Crippen molar-refractivity contribution in [3.8, 4) is 5.75 Å². The molecule has 0 saturated heterocycles. The molecule has 140 valence electrons. The fourth-order valence-corrected chi connectivity index (χ4v) is 3.47. The second-order valence-electron chi connectivity index (χ2n) is 6.07. The van der Waals surface area contributed by atoms with Gasteiger partial charge in [0.1, 0.15) is 11.6 Å². The Morgan fingerprint density at radius 2 is 1.75 bits per heavy atom. The molecule has 0 atom stereocenters. The molecule has 0 spiro atoms. The minimum Gasteiger partial charge on any atom is -0.496 e. The van der Waals surface area contributed by atoms with Crippen LogP contribution in [0.2, 0.25) is 0 Å². The Morgan fingerprint density at radius 1 is 1.00 bits per heavy atom. The summed E-state index contributed by atoms with van der Waals surface area (Å²) < 4.78 is 6.28. The Bertz CT molecular complexity index is 1040. The standard InChI is InChI=1S/C21H17BrN4O2/c1-28-19-11-5-2-8-15(19)17-14-25(20-12-6-7-13-23-20)21(27)26(24-17)18-10-4-3-9-16(18)22/h2-13H,14H2,1H3. The number of halogens is 1. The van der Waals surface area contributed by atoms with Crippen LogP contribution in [0.3, 0.4) is 0 Å². The third kappa shape index (κ3) is 3.36. The maximum atomic E-state index is 13.3. The lowest BCUT2D eigenvalue weighted by Crippen LogP contribution is -2.49. The Labute approximate surface area is 171 Å². The van der Waals surface area contributed by atoms with Crippen LogP contribution in [0.25, 0.3) is 0 Å². The smallest absolute Gasteiger partial charge is 0.351 e. The number of hydrazone groups is 1. The van der Waals surface area contributed by atoms with Crippen molar-refractivity contribution in [1.29, 1.82) is 0 Å². The van der Waals surface area contributed by atoms with Crippen molar-refractivity contribution in [3.05, 3.63) is 83.0 Å². The largest absolute Gasteiger partial charge is 0.496 e. The van der Waals surface area contributed by atoms with Gasteiger partial charge in [-0.3, -0.25) is 4.90 Å². The van der Waals surface area contributed by atoms with Gasteiger partial charge < -0.3 is 4.74 Å². The second-order valence-corrected chi connectivity index (χ2v) is 6.92. The number of rotatable bonds is 4. The number of nitrogens with zero attached hydrogens (tertiary/aromatic N) is 4. The molecule has 0 fully saturated rings. The number of hydrogen-bond donors (Lipinski definition) is 0. The van der Waals surface area contributed by atoms with Gasteiger partial charge in [-0.25, -0.2) is 9.78 Å². The Morgan fingerprint density at radius 3 is 2.50 bits per heavy atom. The third-order valence-corrected chi connectivity index (χ3v) is 5.04. The average molecular weight is 437 g/mol. The van der Waals surface area contributed by atoms with Gasteiger partial charge in [-0.1, -0.05) is 30.3 Å². The van der Waals surface area contributed by atoms with Crippen molar-refractivity contribution in [1.82, 2.24) is 4.98 Å². The fraction of sp³-hybridized carbons (Fsp3) is 0.0952. The molecule has 0 bridgehead atoms. The highest BCUT2D eigenvalue weighted by Crippen LogP contribution is 2.31. The summed E-state index contributed by atoms with van der Waals surface area (Å²) in [4.78, 5) is 19.2. The zero-order valence-electron chi connectivity index (χ0n) is 15.1. The van der Waals surface area contributed by atoms with Gasteiger partial charge in [0.2, 0.25) is 0 Å². The van der Waals surface area contributed by atoms with Crippen LogP contribution in [0.1, 0.15) is 5.56 Å². The van der Waals surface area contributed by atoms with Crippen LogP contribution in [0.15, 0.2) is 82.5 Å². The molecular weight excluding hydrogens is 420 g/mol. The first-order valence-electron chi connectivity index (χ1n) is 8.67. The van der Waals surface area contributed by atoms with E-state index < -0.39 is 0 Å². The number of urea groups is 1. The van der Waals surface area contributed by atoms with Gasteiger partial charge in [0.05, 0.1) is 25.1 Å². The minimum absolute atomic E-state index is 0.274. The summed E-state index contributed by atoms with van der Waals surface area (Å²) in [6, 6.07) is 20.3. The molecule has 0 aliphatic carbocycles. The number of carbonyl (C=O) groups excluding carboxylic acids is 1. The quantitative estimate of drug-likeness (QED) is 0.595. The minimum atomic E-state index is -0.274. The summed E-state index contributed by atoms with van der Waals surface area (Å²) in [5.41, 5.74) is 2.19. The Balaban J connectivity index is 1.86. The average Bonchev–Trinajstić information content (AvgIpc) is 2.75. The SMILES string of the molecule is COc1ccccc1C1=NN(c2ccccc2Br)C(=O)N(c2ccccn2)C1. The molecule has 0 N–H and O–H groups in total. The normalized spacial score (nSPS) is 14.1. The predicted octanol–water partition coefficient (Wildman–Crippen LogP) is 4.70. The van der Waals surface area contributed by atoms with Crippen molar-refractivity contribution in [2.24, 2.45) is 5.10 Å². The maximum absolute atomic E-state index is 13.3. The van der Waals surface area contributed by atoms with Crippen LogP contribution < -0.4 is 14.6 Å². The molecular formula is C21H17BrN4O2. The van der Waals surface area contributed by atoms with Crippen molar-refractivity contribution < 1.29 is 9.53 Å². The molecule has 6 nitrogen and oxygen atoms in total. The predicted molar refractivity (Wildman–Crippen MR) is 113 cm³/mol. The molecule has 2 aromatic carbocycles. The van der Waals surface area contributed by atoms with Crippen LogP contribution in [0.4, 0.5) is 16.3 Å². The Kier molecular flexibility index (Phi) is 5.08. The van der Waals surface area contributed by atoms with Crippen LogP contribution in [-0.2, 0) is 0 Å². The zero-order chi connectivity index (χ0) is 19.5. The van der Waals surface area contributed by atoms with Crippen LogP contribution in [0.5, 0.6) is 5.75 Å². The van der Waals surface area contributed by atoms with E-state index in [0.717, 1.165) is 10.0 Å². The van der Waals surface area contributed by atoms with Crippen LogP contribution in [-0.4, -0.2) is 30.4 Å². The summed E-state index contributed by atoms with van der Waals surface area (Å²) in [6.45, 7) is 0.289. The lowest BCUT2D eigenvalue weighted by atomic mass is 10.1. The van der Waals surface area contributed by atoms with E-state index >= 15 is 0 Å². The first kappa shape index (κ1) is 18.2. The molecule has 0 unspecified atom stereocenters. The zero-order valence-corrected chi connectivity index (χ0v) is 16.7. The van der Waals surface area contributed by atoms with Crippen LogP contribution >= 0.6 is 15.9 Å². The molecule has 0 saturated carbocycles. The number of aromatic nitrogens is 1. The van der Waals surface area contributed by atoms with Crippen LogP contribution in [0, 0.1) is 0 Å². The van der Waals surface area contributed by atoms with Gasteiger partial charge in [-0.15, -0.1) is 0 Å². The van der Waals surface area contributed by atoms with E-state index in [0.29, 0.717) is 23.0 Å². The number of methoxy groups -OCH3 is 1. The summed E-state index contributed by atoms with van der Waals surface area (Å²) in [5, 5.41) is 6.06. The first-order valence-corrected chi connectivity index (χ1v) is 9.46. The maximum Gasteiger partial charge on any atom is 0.351 e. The fourth-order valence-electron chi connectivity index (χ4n) is 3.02. The molecule has 2 heterocycles. The van der Waals surface area contributed by atoms with Gasteiger partial charge in [0.15, 0.2) is 0 Å². The van der Waals surface area contributed by atoms with E-state index in [9.17, 15) is 4.79 Å². The lowest BCUT2D eigenvalue weighted by Gasteiger charge is -2.33. The van der Waals surface area contributed by atoms with E-state index in [1.165, 1.54) is 5.01 Å². The molecule has 0 radical (unpaired) electrons. The topological polar surface area (TPSA) is 58.0 Å². The summed E-state index contributed by atoms with van der Waals surface area (Å²) in [5.74, 6) is 1.26. The van der Waals surface area contributed by atoms with Crippen molar-refractivity contribution >= 4 is 39.2 Å².